The smallest absolute Gasteiger partial charge is 0.240 e. The number of fused-ring (bicyclic) bond motifs is 1. The number of sulfonamides is 1. The highest BCUT2D eigenvalue weighted by Crippen LogP contribution is 2.38. The number of benzene rings is 2. The maximum atomic E-state index is 12.7. The average Bonchev–Trinajstić information content (AvgIpc) is 2.72. The van der Waals surface area contributed by atoms with E-state index in [1.165, 1.54) is 0 Å². The summed E-state index contributed by atoms with van der Waals surface area (Å²) >= 11 is 0. The van der Waals surface area contributed by atoms with Gasteiger partial charge in [0, 0.05) is 25.7 Å². The fourth-order valence-electron chi connectivity index (χ4n) is 3.58. The molecule has 2 aromatic carbocycles. The summed E-state index contributed by atoms with van der Waals surface area (Å²) < 4.78 is 39.0. The first-order valence-corrected chi connectivity index (χ1v) is 10.6. The minimum absolute atomic E-state index is 0.125. The summed E-state index contributed by atoms with van der Waals surface area (Å²) in [5.74, 6) is 1.32. The van der Waals surface area contributed by atoms with E-state index in [0.29, 0.717) is 18.0 Å². The summed E-state index contributed by atoms with van der Waals surface area (Å²) in [6.45, 7) is 5.58. The monoisotopic (exact) mass is 402 g/mol. The zero-order valence-electron chi connectivity index (χ0n) is 16.2. The van der Waals surface area contributed by atoms with Gasteiger partial charge in [-0.2, -0.15) is 0 Å². The molecule has 150 valence electrons. The fourth-order valence-corrected chi connectivity index (χ4v) is 4.63. The van der Waals surface area contributed by atoms with Crippen LogP contribution in [0.25, 0.3) is 0 Å². The van der Waals surface area contributed by atoms with Crippen LogP contribution in [0.3, 0.4) is 0 Å². The number of hydrogen-bond acceptors (Lipinski definition) is 5. The van der Waals surface area contributed by atoms with E-state index < -0.39 is 10.0 Å². The highest BCUT2D eigenvalue weighted by Gasteiger charge is 2.29. The molecular weight excluding hydrogens is 376 g/mol. The molecule has 0 unspecified atom stereocenters. The molecule has 28 heavy (non-hydrogen) atoms. The van der Waals surface area contributed by atoms with Gasteiger partial charge in [0.15, 0.2) is 11.5 Å². The molecule has 7 heteroatoms. The molecule has 0 aliphatic carbocycles. The molecule has 1 aliphatic heterocycles. The van der Waals surface area contributed by atoms with Crippen molar-refractivity contribution < 1.29 is 17.9 Å². The minimum atomic E-state index is -3.59. The van der Waals surface area contributed by atoms with Crippen LogP contribution in [-0.4, -0.2) is 47.2 Å². The van der Waals surface area contributed by atoms with E-state index in [4.69, 9.17) is 9.47 Å². The SMILES string of the molecule is C=CCN1CCc2cc(OC)c(OC)cc2[C@H]1CNS(=O)(=O)c1ccccc1. The minimum Gasteiger partial charge on any atom is -0.493 e. The Morgan fingerprint density at radius 2 is 1.86 bits per heavy atom. The molecule has 0 fully saturated rings. The molecule has 0 aromatic heterocycles. The van der Waals surface area contributed by atoms with Gasteiger partial charge in [0.1, 0.15) is 0 Å². The van der Waals surface area contributed by atoms with Crippen molar-refractivity contribution in [1.82, 2.24) is 9.62 Å². The molecule has 2 aromatic rings. The molecule has 0 radical (unpaired) electrons. The maximum absolute atomic E-state index is 12.7. The second kappa shape index (κ2) is 8.77. The van der Waals surface area contributed by atoms with Gasteiger partial charge < -0.3 is 9.47 Å². The van der Waals surface area contributed by atoms with Crippen molar-refractivity contribution in [1.29, 1.82) is 0 Å². The van der Waals surface area contributed by atoms with Gasteiger partial charge in [-0.3, -0.25) is 4.90 Å². The van der Waals surface area contributed by atoms with Crippen LogP contribution in [-0.2, 0) is 16.4 Å². The molecular formula is C21H26N2O4S. The Morgan fingerprint density at radius 3 is 2.50 bits per heavy atom. The van der Waals surface area contributed by atoms with Crippen molar-refractivity contribution >= 4 is 10.0 Å². The second-order valence-corrected chi connectivity index (χ2v) is 8.39. The van der Waals surface area contributed by atoms with E-state index in [2.05, 4.69) is 16.2 Å². The Bertz CT molecular complexity index is 929. The summed E-state index contributed by atoms with van der Waals surface area (Å²) in [6.07, 6.45) is 2.69. The van der Waals surface area contributed by atoms with Gasteiger partial charge in [-0.25, -0.2) is 13.1 Å². The summed E-state index contributed by atoms with van der Waals surface area (Å²) in [4.78, 5) is 2.48. The lowest BCUT2D eigenvalue weighted by Gasteiger charge is -2.37. The number of hydrogen-bond donors (Lipinski definition) is 1. The van der Waals surface area contributed by atoms with Crippen LogP contribution in [0, 0.1) is 0 Å². The number of rotatable bonds is 8. The average molecular weight is 403 g/mol. The fraction of sp³-hybridized carbons (Fsp3) is 0.333. The van der Waals surface area contributed by atoms with Crippen LogP contribution in [0.2, 0.25) is 0 Å². The maximum Gasteiger partial charge on any atom is 0.240 e. The van der Waals surface area contributed by atoms with Crippen LogP contribution in [0.15, 0.2) is 60.0 Å². The molecule has 3 rings (SSSR count). The molecule has 0 spiro atoms. The van der Waals surface area contributed by atoms with Crippen molar-refractivity contribution in [2.45, 2.75) is 17.4 Å². The molecule has 0 saturated carbocycles. The summed E-state index contributed by atoms with van der Waals surface area (Å²) in [5, 5.41) is 0. The predicted molar refractivity (Wildman–Crippen MR) is 109 cm³/mol. The third-order valence-corrected chi connectivity index (χ3v) is 6.44. The highest BCUT2D eigenvalue weighted by molar-refractivity contribution is 7.89. The predicted octanol–water partition coefficient (Wildman–Crippen LogP) is 2.77. The van der Waals surface area contributed by atoms with Gasteiger partial charge in [0.25, 0.3) is 0 Å². The lowest BCUT2D eigenvalue weighted by atomic mass is 9.92. The molecule has 1 N–H and O–H groups in total. The third-order valence-electron chi connectivity index (χ3n) is 5.00. The Morgan fingerprint density at radius 1 is 1.18 bits per heavy atom. The van der Waals surface area contributed by atoms with Crippen LogP contribution in [0.4, 0.5) is 0 Å². The second-order valence-electron chi connectivity index (χ2n) is 6.62. The summed E-state index contributed by atoms with van der Waals surface area (Å²) in [7, 11) is -0.375. The van der Waals surface area contributed by atoms with E-state index in [0.717, 1.165) is 24.1 Å². The van der Waals surface area contributed by atoms with Crippen molar-refractivity contribution in [2.24, 2.45) is 0 Å². The molecule has 1 heterocycles. The van der Waals surface area contributed by atoms with Crippen molar-refractivity contribution in [3.8, 4) is 11.5 Å². The first kappa shape index (κ1) is 20.4. The first-order chi connectivity index (χ1) is 13.5. The van der Waals surface area contributed by atoms with E-state index >= 15 is 0 Å². The standard InChI is InChI=1S/C21H26N2O4S/c1-4-11-23-12-10-16-13-20(26-2)21(27-3)14-18(16)19(23)15-22-28(24,25)17-8-6-5-7-9-17/h4-9,13-14,19,22H,1,10-12,15H2,2-3H3/t19-/m1/s1. The normalized spacial score (nSPS) is 17.0. The number of ether oxygens (including phenoxy) is 2. The van der Waals surface area contributed by atoms with Crippen LogP contribution in [0.1, 0.15) is 17.2 Å². The molecule has 1 atom stereocenters. The third kappa shape index (κ3) is 4.22. The van der Waals surface area contributed by atoms with Gasteiger partial charge >= 0.3 is 0 Å². The van der Waals surface area contributed by atoms with E-state index in [1.54, 1.807) is 44.6 Å². The molecule has 0 saturated heterocycles. The molecule has 0 amide bonds. The van der Waals surface area contributed by atoms with Gasteiger partial charge in [-0.15, -0.1) is 6.58 Å². The summed E-state index contributed by atoms with van der Waals surface area (Å²) in [5.41, 5.74) is 2.18. The van der Waals surface area contributed by atoms with Crippen LogP contribution >= 0.6 is 0 Å². The van der Waals surface area contributed by atoms with Gasteiger partial charge in [0.05, 0.1) is 19.1 Å². The summed E-state index contributed by atoms with van der Waals surface area (Å²) in [6, 6.07) is 12.2. The Kier molecular flexibility index (Phi) is 6.39. The van der Waals surface area contributed by atoms with Crippen molar-refractivity contribution in [2.75, 3.05) is 33.9 Å². The topological polar surface area (TPSA) is 67.9 Å². The van der Waals surface area contributed by atoms with Crippen molar-refractivity contribution in [3.05, 3.63) is 66.2 Å². The zero-order valence-corrected chi connectivity index (χ0v) is 17.0. The number of nitrogens with zero attached hydrogens (tertiary/aromatic N) is 1. The van der Waals surface area contributed by atoms with Crippen molar-refractivity contribution in [3.63, 3.8) is 0 Å². The van der Waals surface area contributed by atoms with Crippen LogP contribution in [0.5, 0.6) is 11.5 Å². The molecule has 1 aliphatic rings. The Balaban J connectivity index is 1.92. The van der Waals surface area contributed by atoms with Gasteiger partial charge in [-0.1, -0.05) is 24.3 Å². The van der Waals surface area contributed by atoms with Gasteiger partial charge in [0.2, 0.25) is 10.0 Å². The Hall–Kier alpha value is -2.35. The molecule has 0 bridgehead atoms. The lowest BCUT2D eigenvalue weighted by Crippen LogP contribution is -2.42. The quantitative estimate of drug-likeness (QED) is 0.688. The lowest BCUT2D eigenvalue weighted by molar-refractivity contribution is 0.206. The number of nitrogens with one attached hydrogen (secondary N) is 1. The molecule has 6 nitrogen and oxygen atoms in total. The first-order valence-electron chi connectivity index (χ1n) is 9.14. The zero-order chi connectivity index (χ0) is 20.1. The highest BCUT2D eigenvalue weighted by atomic mass is 32.2. The van der Waals surface area contributed by atoms with Gasteiger partial charge in [-0.05, 0) is 41.8 Å². The van der Waals surface area contributed by atoms with E-state index in [-0.39, 0.29) is 17.5 Å². The van der Waals surface area contributed by atoms with Crippen LogP contribution < -0.4 is 14.2 Å². The number of methoxy groups -OCH3 is 2. The largest absolute Gasteiger partial charge is 0.493 e. The van der Waals surface area contributed by atoms with E-state index in [1.807, 2.05) is 18.2 Å². The Labute approximate surface area is 166 Å². The van der Waals surface area contributed by atoms with E-state index in [9.17, 15) is 8.42 Å².